The van der Waals surface area contributed by atoms with Crippen molar-refractivity contribution in [2.75, 3.05) is 6.61 Å². The van der Waals surface area contributed by atoms with E-state index in [2.05, 4.69) is 9.82 Å². The van der Waals surface area contributed by atoms with Crippen molar-refractivity contribution in [2.24, 2.45) is 5.73 Å². The molecule has 0 spiro atoms. The fourth-order valence-corrected chi connectivity index (χ4v) is 0.859. The molecular weight excluding hydrogens is 210 g/mol. The van der Waals surface area contributed by atoms with Crippen LogP contribution in [-0.4, -0.2) is 23.4 Å². The lowest BCUT2D eigenvalue weighted by atomic mass is 10.2. The maximum absolute atomic E-state index is 11.1. The van der Waals surface area contributed by atoms with Crippen molar-refractivity contribution in [3.05, 3.63) is 36.2 Å². The highest BCUT2D eigenvalue weighted by Gasteiger charge is 1.97. The number of pyridine rings is 1. The Morgan fingerprint density at radius 2 is 2.38 bits per heavy atom. The van der Waals surface area contributed by atoms with E-state index in [1.54, 1.807) is 30.6 Å². The van der Waals surface area contributed by atoms with E-state index in [0.29, 0.717) is 0 Å². The van der Waals surface area contributed by atoms with E-state index in [9.17, 15) is 9.59 Å². The summed E-state index contributed by atoms with van der Waals surface area (Å²) >= 11 is 0. The Hall–Kier alpha value is -2.21. The van der Waals surface area contributed by atoms with Gasteiger partial charge in [0, 0.05) is 18.5 Å². The smallest absolute Gasteiger partial charge is 0.267 e. The average molecular weight is 221 g/mol. The van der Waals surface area contributed by atoms with Crippen LogP contribution in [0.5, 0.6) is 0 Å². The zero-order valence-corrected chi connectivity index (χ0v) is 8.42. The summed E-state index contributed by atoms with van der Waals surface area (Å²) in [5, 5.41) is 0. The van der Waals surface area contributed by atoms with Crippen LogP contribution in [-0.2, 0) is 14.4 Å². The molecule has 0 atom stereocenters. The first-order valence-electron chi connectivity index (χ1n) is 4.46. The zero-order valence-electron chi connectivity index (χ0n) is 8.42. The number of rotatable bonds is 5. The van der Waals surface area contributed by atoms with Crippen molar-refractivity contribution in [3.63, 3.8) is 0 Å². The van der Waals surface area contributed by atoms with Gasteiger partial charge >= 0.3 is 0 Å². The van der Waals surface area contributed by atoms with E-state index in [-0.39, 0.29) is 6.61 Å². The van der Waals surface area contributed by atoms with Gasteiger partial charge in [0.05, 0.1) is 0 Å². The molecule has 1 aromatic heterocycles. The molecule has 0 aromatic carbocycles. The number of amides is 2. The minimum absolute atomic E-state index is 0.355. The van der Waals surface area contributed by atoms with Gasteiger partial charge in [-0.25, -0.2) is 5.48 Å². The lowest BCUT2D eigenvalue weighted by Crippen LogP contribution is -2.28. The summed E-state index contributed by atoms with van der Waals surface area (Å²) in [5.41, 5.74) is 7.62. The SMILES string of the molecule is NC(=O)CONC(=O)/C=C/c1cccnc1. The number of carbonyl (C=O) groups excluding carboxylic acids is 2. The van der Waals surface area contributed by atoms with Crippen molar-refractivity contribution >= 4 is 17.9 Å². The molecule has 0 aliphatic rings. The molecule has 1 rings (SSSR count). The Morgan fingerprint density at radius 1 is 1.56 bits per heavy atom. The van der Waals surface area contributed by atoms with E-state index < -0.39 is 11.8 Å². The van der Waals surface area contributed by atoms with Crippen molar-refractivity contribution < 1.29 is 14.4 Å². The van der Waals surface area contributed by atoms with Crippen LogP contribution in [0.2, 0.25) is 0 Å². The first-order chi connectivity index (χ1) is 7.68. The van der Waals surface area contributed by atoms with Gasteiger partial charge in [0.2, 0.25) is 5.91 Å². The second-order valence-electron chi connectivity index (χ2n) is 2.84. The number of primary amides is 1. The molecule has 0 unspecified atom stereocenters. The third-order valence-electron chi connectivity index (χ3n) is 1.50. The molecular formula is C10H11N3O3. The minimum Gasteiger partial charge on any atom is -0.368 e. The zero-order chi connectivity index (χ0) is 11.8. The second-order valence-corrected chi connectivity index (χ2v) is 2.84. The van der Waals surface area contributed by atoms with Crippen molar-refractivity contribution in [1.29, 1.82) is 0 Å². The van der Waals surface area contributed by atoms with Gasteiger partial charge in [-0.3, -0.25) is 19.4 Å². The number of nitrogens with one attached hydrogen (secondary N) is 1. The van der Waals surface area contributed by atoms with Crippen molar-refractivity contribution in [1.82, 2.24) is 10.5 Å². The Kier molecular flexibility index (Phi) is 4.68. The summed E-state index contributed by atoms with van der Waals surface area (Å²) in [4.78, 5) is 29.8. The van der Waals surface area contributed by atoms with Crippen molar-refractivity contribution in [2.45, 2.75) is 0 Å². The molecule has 0 aliphatic carbocycles. The van der Waals surface area contributed by atoms with Crippen LogP contribution < -0.4 is 11.2 Å². The van der Waals surface area contributed by atoms with Gasteiger partial charge < -0.3 is 5.73 Å². The highest BCUT2D eigenvalue weighted by atomic mass is 16.7. The fourth-order valence-electron chi connectivity index (χ4n) is 0.859. The van der Waals surface area contributed by atoms with E-state index >= 15 is 0 Å². The Balaban J connectivity index is 2.34. The first-order valence-corrected chi connectivity index (χ1v) is 4.46. The predicted octanol–water partition coefficient (Wildman–Crippen LogP) is -0.372. The fraction of sp³-hybridized carbons (Fsp3) is 0.100. The summed E-state index contributed by atoms with van der Waals surface area (Å²) in [5.74, 6) is -1.14. The largest absolute Gasteiger partial charge is 0.368 e. The second kappa shape index (κ2) is 6.31. The number of nitrogens with two attached hydrogens (primary N) is 1. The van der Waals surface area contributed by atoms with Crippen LogP contribution >= 0.6 is 0 Å². The van der Waals surface area contributed by atoms with Gasteiger partial charge in [0.25, 0.3) is 5.91 Å². The molecule has 16 heavy (non-hydrogen) atoms. The van der Waals surface area contributed by atoms with E-state index in [1.807, 2.05) is 5.48 Å². The summed E-state index contributed by atoms with van der Waals surface area (Å²) in [6, 6.07) is 3.54. The number of aromatic nitrogens is 1. The molecule has 84 valence electrons. The molecule has 1 aromatic rings. The highest BCUT2D eigenvalue weighted by Crippen LogP contribution is 1.97. The molecule has 0 bridgehead atoms. The quantitative estimate of drug-likeness (QED) is 0.523. The lowest BCUT2D eigenvalue weighted by molar-refractivity contribution is -0.134. The van der Waals surface area contributed by atoms with Gasteiger partial charge in [-0.15, -0.1) is 0 Å². The summed E-state index contributed by atoms with van der Waals surface area (Å²) in [6.07, 6.45) is 6.06. The first kappa shape index (κ1) is 11.9. The molecule has 6 heteroatoms. The third kappa shape index (κ3) is 4.87. The van der Waals surface area contributed by atoms with Crippen LogP contribution in [0.15, 0.2) is 30.6 Å². The van der Waals surface area contributed by atoms with Crippen molar-refractivity contribution in [3.8, 4) is 0 Å². The van der Waals surface area contributed by atoms with Gasteiger partial charge in [0.15, 0.2) is 6.61 Å². The number of hydrogen-bond donors (Lipinski definition) is 2. The molecule has 0 fully saturated rings. The molecule has 0 radical (unpaired) electrons. The topological polar surface area (TPSA) is 94.3 Å². The maximum atomic E-state index is 11.1. The standard InChI is InChI=1S/C10H11N3O3/c11-9(14)7-16-13-10(15)4-3-8-2-1-5-12-6-8/h1-6H,7H2,(H2,11,14)(H,13,15)/b4-3+. The van der Waals surface area contributed by atoms with Crippen LogP contribution in [0.1, 0.15) is 5.56 Å². The monoisotopic (exact) mass is 221 g/mol. The molecule has 0 aliphatic heterocycles. The lowest BCUT2D eigenvalue weighted by Gasteiger charge is -1.99. The predicted molar refractivity (Wildman–Crippen MR) is 56.6 cm³/mol. The molecule has 6 nitrogen and oxygen atoms in total. The average Bonchev–Trinajstić information content (AvgIpc) is 2.27. The van der Waals surface area contributed by atoms with Gasteiger partial charge in [0.1, 0.15) is 0 Å². The molecule has 2 amide bonds. The number of hydroxylamine groups is 1. The van der Waals surface area contributed by atoms with Crippen LogP contribution in [0.3, 0.4) is 0 Å². The van der Waals surface area contributed by atoms with Crippen LogP contribution in [0, 0.1) is 0 Å². The summed E-state index contributed by atoms with van der Waals surface area (Å²) in [7, 11) is 0. The van der Waals surface area contributed by atoms with Gasteiger partial charge in [-0.05, 0) is 17.7 Å². The maximum Gasteiger partial charge on any atom is 0.267 e. The number of hydrogen-bond acceptors (Lipinski definition) is 4. The number of nitrogens with zero attached hydrogens (tertiary/aromatic N) is 1. The van der Waals surface area contributed by atoms with Crippen LogP contribution in [0.25, 0.3) is 6.08 Å². The molecule has 0 saturated carbocycles. The van der Waals surface area contributed by atoms with Gasteiger partial charge in [-0.1, -0.05) is 6.07 Å². The minimum atomic E-state index is -0.656. The Bertz CT molecular complexity index is 390. The van der Waals surface area contributed by atoms with E-state index in [1.165, 1.54) is 6.08 Å². The van der Waals surface area contributed by atoms with Gasteiger partial charge in [-0.2, -0.15) is 0 Å². The molecule has 0 saturated heterocycles. The van der Waals surface area contributed by atoms with E-state index in [0.717, 1.165) is 5.56 Å². The highest BCUT2D eigenvalue weighted by molar-refractivity contribution is 5.91. The third-order valence-corrected chi connectivity index (χ3v) is 1.50. The molecule has 3 N–H and O–H groups in total. The number of carbonyl (C=O) groups is 2. The summed E-state index contributed by atoms with van der Waals surface area (Å²) in [6.45, 7) is -0.355. The summed E-state index contributed by atoms with van der Waals surface area (Å²) < 4.78 is 0. The Morgan fingerprint density at radius 3 is 3.00 bits per heavy atom. The normalized spacial score (nSPS) is 10.2. The molecule has 1 heterocycles. The van der Waals surface area contributed by atoms with E-state index in [4.69, 9.17) is 5.73 Å². The van der Waals surface area contributed by atoms with Crippen LogP contribution in [0.4, 0.5) is 0 Å². The Labute approximate surface area is 92.1 Å².